The van der Waals surface area contributed by atoms with Gasteiger partial charge >= 0.3 is 5.97 Å². The van der Waals surface area contributed by atoms with E-state index < -0.39 is 102 Å². The maximum absolute atomic E-state index is 12.8. The minimum Gasteiger partial charge on any atom is -0.477 e. The summed E-state index contributed by atoms with van der Waals surface area (Å²) in [7, 11) is 0. The van der Waals surface area contributed by atoms with Crippen LogP contribution in [0, 0.1) is 11.3 Å². The monoisotopic (exact) mass is 666 g/mol. The van der Waals surface area contributed by atoms with Crippen LogP contribution in [0.25, 0.3) is 0 Å². The molecule has 0 aromatic heterocycles. The lowest BCUT2D eigenvalue weighted by Crippen LogP contribution is -2.66. The molecule has 0 aromatic carbocycles. The van der Waals surface area contributed by atoms with Gasteiger partial charge in [-0.3, -0.25) is 0 Å². The summed E-state index contributed by atoms with van der Waals surface area (Å²) >= 11 is 0. The summed E-state index contributed by atoms with van der Waals surface area (Å²) in [5, 5.41) is 74.3. The SMILES string of the molecule is CCC(O)(CC)C1CC(OCC2OC(OC(CC)(CC)C(C)(C)CC(C)(C)N)C(O)C(O)C2O)(C(=O)O)OC(CC(O)CO)C1N. The second kappa shape index (κ2) is 15.7. The molecule has 0 aromatic rings. The lowest BCUT2D eigenvalue weighted by molar-refractivity contribution is -0.356. The van der Waals surface area contributed by atoms with E-state index in [0.717, 1.165) is 0 Å². The molecule has 2 rings (SSSR count). The number of carboxylic acids is 1. The van der Waals surface area contributed by atoms with Crippen LogP contribution in [-0.4, -0.2) is 126 Å². The van der Waals surface area contributed by atoms with Crippen LogP contribution in [0.5, 0.6) is 0 Å². The highest BCUT2D eigenvalue weighted by atomic mass is 16.7. The van der Waals surface area contributed by atoms with Crippen molar-refractivity contribution in [2.75, 3.05) is 13.2 Å². The summed E-state index contributed by atoms with van der Waals surface area (Å²) in [6.45, 7) is 14.0. The molecule has 0 bridgehead atoms. The molecule has 0 spiro atoms. The van der Waals surface area contributed by atoms with Gasteiger partial charge in [-0.1, -0.05) is 41.5 Å². The molecule has 14 nitrogen and oxygen atoms in total. The Morgan fingerprint density at radius 3 is 2.00 bits per heavy atom. The summed E-state index contributed by atoms with van der Waals surface area (Å²) < 4.78 is 24.3. The Morgan fingerprint density at radius 2 is 1.54 bits per heavy atom. The fourth-order valence-corrected chi connectivity index (χ4v) is 7.64. The Hall–Kier alpha value is -1.01. The van der Waals surface area contributed by atoms with Crippen LogP contribution in [0.2, 0.25) is 0 Å². The first kappa shape index (κ1) is 41.2. The summed E-state index contributed by atoms with van der Waals surface area (Å²) in [4.78, 5) is 12.8. The average Bonchev–Trinajstić information content (AvgIpc) is 2.98. The number of ether oxygens (including phenoxy) is 4. The van der Waals surface area contributed by atoms with Crippen molar-refractivity contribution in [2.45, 2.75) is 172 Å². The summed E-state index contributed by atoms with van der Waals surface area (Å²) in [6.07, 6.45) is -8.79. The third-order valence-electron chi connectivity index (χ3n) is 10.4. The zero-order valence-corrected chi connectivity index (χ0v) is 28.9. The molecule has 46 heavy (non-hydrogen) atoms. The van der Waals surface area contributed by atoms with Crippen LogP contribution in [0.4, 0.5) is 0 Å². The van der Waals surface area contributed by atoms with Crippen molar-refractivity contribution in [1.29, 1.82) is 0 Å². The molecular formula is C32H62N2O12. The molecule has 2 aliphatic heterocycles. The van der Waals surface area contributed by atoms with Crippen molar-refractivity contribution in [1.82, 2.24) is 0 Å². The number of carbonyl (C=O) groups is 1. The van der Waals surface area contributed by atoms with Crippen molar-refractivity contribution >= 4 is 5.97 Å². The first-order valence-corrected chi connectivity index (χ1v) is 16.6. The Bertz CT molecular complexity index is 969. The smallest absolute Gasteiger partial charge is 0.364 e. The van der Waals surface area contributed by atoms with E-state index in [1.165, 1.54) is 0 Å². The molecule has 14 heteroatoms. The van der Waals surface area contributed by atoms with E-state index in [4.69, 9.17) is 30.4 Å². The maximum atomic E-state index is 12.8. The van der Waals surface area contributed by atoms with Gasteiger partial charge in [0.15, 0.2) is 6.29 Å². The van der Waals surface area contributed by atoms with Crippen LogP contribution < -0.4 is 11.5 Å². The molecule has 2 aliphatic rings. The molecule has 2 saturated heterocycles. The highest BCUT2D eigenvalue weighted by Crippen LogP contribution is 2.47. The number of hydrogen-bond acceptors (Lipinski definition) is 13. The number of rotatable bonds is 17. The summed E-state index contributed by atoms with van der Waals surface area (Å²) in [5.74, 6) is -4.79. The number of aliphatic hydroxyl groups is 6. The first-order valence-electron chi connectivity index (χ1n) is 16.6. The van der Waals surface area contributed by atoms with Gasteiger partial charge in [0.25, 0.3) is 5.79 Å². The van der Waals surface area contributed by atoms with Crippen LogP contribution >= 0.6 is 0 Å². The van der Waals surface area contributed by atoms with E-state index in [9.17, 15) is 40.5 Å². The van der Waals surface area contributed by atoms with Crippen LogP contribution in [0.1, 0.15) is 100 Å². The largest absolute Gasteiger partial charge is 0.477 e. The molecule has 0 radical (unpaired) electrons. The number of aliphatic carboxylic acids is 1. The van der Waals surface area contributed by atoms with E-state index in [1.807, 2.05) is 41.5 Å². The standard InChI is InChI=1S/C32H62N2O12/c1-9-30(42,10-2)19-14-32(27(40)41,45-20(22(19)33)13-18(36)15-35)43-16-21-23(37)24(38)25(39)26(44-21)46-31(11-3,12-4)28(5,6)17-29(7,8)34/h18-26,35-39,42H,9-17,33-34H2,1-8H3,(H,40,41). The second-order valence-corrected chi connectivity index (χ2v) is 14.7. The fraction of sp³-hybridized carbons (Fsp3) is 0.969. The molecular weight excluding hydrogens is 604 g/mol. The van der Waals surface area contributed by atoms with Gasteiger partial charge in [-0.2, -0.15) is 0 Å². The Labute approximate surface area is 273 Å². The molecule has 10 atom stereocenters. The van der Waals surface area contributed by atoms with Gasteiger partial charge in [-0.25, -0.2) is 4.79 Å². The van der Waals surface area contributed by atoms with E-state index in [0.29, 0.717) is 19.3 Å². The Balaban J connectivity index is 2.43. The van der Waals surface area contributed by atoms with Gasteiger partial charge in [0.05, 0.1) is 36.6 Å². The number of nitrogens with two attached hydrogens (primary N) is 2. The zero-order chi connectivity index (χ0) is 35.5. The number of carboxylic acid groups (broad SMARTS) is 1. The van der Waals surface area contributed by atoms with Gasteiger partial charge in [-0.15, -0.1) is 0 Å². The fourth-order valence-electron chi connectivity index (χ4n) is 7.64. The van der Waals surface area contributed by atoms with E-state index >= 15 is 0 Å². The molecule has 0 aliphatic carbocycles. The molecule has 10 unspecified atom stereocenters. The quantitative estimate of drug-likeness (QED) is 0.102. The van der Waals surface area contributed by atoms with Gasteiger partial charge in [-0.05, 0) is 51.4 Å². The van der Waals surface area contributed by atoms with Crippen molar-refractivity contribution in [3.8, 4) is 0 Å². The minimum absolute atomic E-state index is 0.231. The van der Waals surface area contributed by atoms with Gasteiger partial charge in [0, 0.05) is 30.3 Å². The van der Waals surface area contributed by atoms with Crippen molar-refractivity contribution in [3.05, 3.63) is 0 Å². The van der Waals surface area contributed by atoms with Crippen LogP contribution in [-0.2, 0) is 23.7 Å². The minimum atomic E-state index is -2.40. The molecule has 0 amide bonds. The normalized spacial score (nSPS) is 34.0. The van der Waals surface area contributed by atoms with E-state index in [-0.39, 0.29) is 25.7 Å². The first-order chi connectivity index (χ1) is 21.1. The van der Waals surface area contributed by atoms with E-state index in [2.05, 4.69) is 0 Å². The lowest BCUT2D eigenvalue weighted by Gasteiger charge is -2.52. The molecule has 2 heterocycles. The molecule has 2 fully saturated rings. The van der Waals surface area contributed by atoms with Gasteiger partial charge in [0.2, 0.25) is 0 Å². The Kier molecular flexibility index (Phi) is 14.0. The second-order valence-electron chi connectivity index (χ2n) is 14.7. The molecule has 11 N–H and O–H groups in total. The Morgan fingerprint density at radius 1 is 0.978 bits per heavy atom. The topological polar surface area (TPSA) is 248 Å². The highest BCUT2D eigenvalue weighted by Gasteiger charge is 2.58. The summed E-state index contributed by atoms with van der Waals surface area (Å²) in [5.41, 5.74) is 9.52. The number of aliphatic hydroxyl groups excluding tert-OH is 5. The third-order valence-corrected chi connectivity index (χ3v) is 10.4. The predicted molar refractivity (Wildman–Crippen MR) is 168 cm³/mol. The average molecular weight is 667 g/mol. The zero-order valence-electron chi connectivity index (χ0n) is 28.9. The van der Waals surface area contributed by atoms with Crippen LogP contribution in [0.15, 0.2) is 0 Å². The molecule has 0 saturated carbocycles. The van der Waals surface area contributed by atoms with Gasteiger partial charge < -0.3 is 66.2 Å². The van der Waals surface area contributed by atoms with Gasteiger partial charge in [0.1, 0.15) is 24.4 Å². The number of hydrogen-bond donors (Lipinski definition) is 9. The summed E-state index contributed by atoms with van der Waals surface area (Å²) in [6, 6.07) is -0.911. The maximum Gasteiger partial charge on any atom is 0.364 e. The highest BCUT2D eigenvalue weighted by molar-refractivity contribution is 5.76. The van der Waals surface area contributed by atoms with Crippen molar-refractivity contribution < 1.29 is 59.5 Å². The van der Waals surface area contributed by atoms with Crippen molar-refractivity contribution in [2.24, 2.45) is 22.8 Å². The molecule has 272 valence electrons. The van der Waals surface area contributed by atoms with Crippen molar-refractivity contribution in [3.63, 3.8) is 0 Å². The predicted octanol–water partition coefficient (Wildman–Crippen LogP) is 0.347. The van der Waals surface area contributed by atoms with E-state index in [1.54, 1.807) is 13.8 Å². The van der Waals surface area contributed by atoms with Crippen LogP contribution in [0.3, 0.4) is 0 Å². The lowest BCUT2D eigenvalue weighted by atomic mass is 9.66. The third kappa shape index (κ3) is 8.77.